The zero-order valence-corrected chi connectivity index (χ0v) is 9.51. The Labute approximate surface area is 99.7 Å². The van der Waals surface area contributed by atoms with Crippen molar-refractivity contribution in [3.8, 4) is 17.2 Å². The number of nitrogens with two attached hydrogens (primary N) is 1. The van der Waals surface area contributed by atoms with Gasteiger partial charge in [-0.3, -0.25) is 0 Å². The highest BCUT2D eigenvalue weighted by molar-refractivity contribution is 5.77. The molecule has 0 spiro atoms. The molecule has 0 aliphatic heterocycles. The largest absolute Gasteiger partial charge is 0.398 e. The molecule has 0 saturated carbocycles. The van der Waals surface area contributed by atoms with E-state index in [-0.39, 0.29) is 6.42 Å². The zero-order chi connectivity index (χ0) is 12.3. The number of nitrogen functional groups attached to an aromatic ring is 1. The molecule has 4 heteroatoms. The Morgan fingerprint density at radius 3 is 2.71 bits per heavy atom. The predicted molar refractivity (Wildman–Crippen MR) is 65.9 cm³/mol. The van der Waals surface area contributed by atoms with Crippen molar-refractivity contribution in [2.24, 2.45) is 0 Å². The second kappa shape index (κ2) is 4.62. The van der Waals surface area contributed by atoms with Gasteiger partial charge >= 0.3 is 0 Å². The van der Waals surface area contributed by atoms with Crippen LogP contribution in [0.5, 0.6) is 0 Å². The van der Waals surface area contributed by atoms with Crippen molar-refractivity contribution >= 4 is 5.69 Å². The van der Waals surface area contributed by atoms with Gasteiger partial charge in [0.2, 0.25) is 0 Å². The van der Waals surface area contributed by atoms with E-state index in [1.165, 1.54) is 0 Å². The molecule has 4 nitrogen and oxygen atoms in total. The minimum absolute atomic E-state index is 0.233. The fourth-order valence-corrected chi connectivity index (χ4v) is 1.70. The second-order valence-electron chi connectivity index (χ2n) is 3.77. The highest BCUT2D eigenvalue weighted by atomic mass is 15.1. The second-order valence-corrected chi connectivity index (χ2v) is 3.77. The van der Waals surface area contributed by atoms with Gasteiger partial charge in [-0.05, 0) is 19.1 Å². The van der Waals surface area contributed by atoms with Crippen LogP contribution in [0, 0.1) is 18.3 Å². The average molecular weight is 224 g/mol. The van der Waals surface area contributed by atoms with Gasteiger partial charge in [-0.2, -0.15) is 15.5 Å². The third-order valence-corrected chi connectivity index (χ3v) is 2.49. The molecule has 0 amide bonds. The van der Waals surface area contributed by atoms with E-state index >= 15 is 0 Å². The highest BCUT2D eigenvalue weighted by Gasteiger charge is 2.10. The van der Waals surface area contributed by atoms with Crippen LogP contribution in [0.15, 0.2) is 30.3 Å². The molecule has 84 valence electrons. The topological polar surface area (TPSA) is 75.6 Å². The molecule has 0 aliphatic rings. The Morgan fingerprint density at radius 1 is 1.24 bits per heavy atom. The number of nitrogens with zero attached hydrogens (tertiary/aromatic N) is 3. The summed E-state index contributed by atoms with van der Waals surface area (Å²) >= 11 is 0. The summed E-state index contributed by atoms with van der Waals surface area (Å²) in [6.07, 6.45) is 0.233. The van der Waals surface area contributed by atoms with Crippen molar-refractivity contribution in [2.45, 2.75) is 13.3 Å². The van der Waals surface area contributed by atoms with Crippen LogP contribution < -0.4 is 5.73 Å². The van der Waals surface area contributed by atoms with E-state index in [0.717, 1.165) is 16.8 Å². The number of hydrogen-bond donors (Lipinski definition) is 1. The Balaban J connectivity index is 2.62. The number of para-hydroxylation sites is 1. The summed E-state index contributed by atoms with van der Waals surface area (Å²) in [5.74, 6) is 0. The zero-order valence-electron chi connectivity index (χ0n) is 9.51. The molecule has 1 heterocycles. The van der Waals surface area contributed by atoms with Gasteiger partial charge in [-0.1, -0.05) is 18.2 Å². The Hall–Kier alpha value is -2.41. The number of hydrogen-bond acceptors (Lipinski definition) is 4. The van der Waals surface area contributed by atoms with E-state index in [0.29, 0.717) is 11.4 Å². The van der Waals surface area contributed by atoms with Crippen LogP contribution in [-0.4, -0.2) is 10.2 Å². The number of rotatable bonds is 2. The van der Waals surface area contributed by atoms with E-state index in [1.807, 2.05) is 37.3 Å². The smallest absolute Gasteiger partial charge is 0.0850 e. The van der Waals surface area contributed by atoms with E-state index in [4.69, 9.17) is 11.0 Å². The maximum atomic E-state index is 8.78. The molecule has 0 atom stereocenters. The van der Waals surface area contributed by atoms with Crippen molar-refractivity contribution < 1.29 is 0 Å². The lowest BCUT2D eigenvalue weighted by atomic mass is 10.0. The van der Waals surface area contributed by atoms with Crippen LogP contribution in [-0.2, 0) is 6.42 Å². The van der Waals surface area contributed by atoms with Gasteiger partial charge in [0, 0.05) is 16.8 Å². The third kappa shape index (κ3) is 2.23. The number of aryl methyl sites for hydroxylation is 1. The molecule has 2 N–H and O–H groups in total. The summed E-state index contributed by atoms with van der Waals surface area (Å²) in [5.41, 5.74) is 9.87. The third-order valence-electron chi connectivity index (χ3n) is 2.49. The summed E-state index contributed by atoms with van der Waals surface area (Å²) < 4.78 is 0. The Kier molecular flexibility index (Phi) is 3.01. The number of benzene rings is 1. The van der Waals surface area contributed by atoms with Gasteiger partial charge in [0.05, 0.1) is 23.9 Å². The maximum Gasteiger partial charge on any atom is 0.0850 e. The first-order valence-electron chi connectivity index (χ1n) is 5.27. The van der Waals surface area contributed by atoms with Crippen molar-refractivity contribution in [1.29, 1.82) is 5.26 Å². The van der Waals surface area contributed by atoms with Gasteiger partial charge in [0.25, 0.3) is 0 Å². The number of nitriles is 1. The fourth-order valence-electron chi connectivity index (χ4n) is 1.70. The van der Waals surface area contributed by atoms with Crippen LogP contribution in [0.2, 0.25) is 0 Å². The molecule has 0 unspecified atom stereocenters. The highest BCUT2D eigenvalue weighted by Crippen LogP contribution is 2.28. The summed E-state index contributed by atoms with van der Waals surface area (Å²) in [6, 6.07) is 11.5. The standard InChI is InChI=1S/C13H12N4/c1-9-8-11(13(6-7-14)17-16-9)10-4-2-3-5-12(10)15/h2-5,8H,6,15H2,1H3. The van der Waals surface area contributed by atoms with Gasteiger partial charge in [0.15, 0.2) is 0 Å². The fraction of sp³-hybridized carbons (Fsp3) is 0.154. The van der Waals surface area contributed by atoms with Crippen molar-refractivity contribution in [3.05, 3.63) is 41.7 Å². The van der Waals surface area contributed by atoms with Crippen molar-refractivity contribution in [3.63, 3.8) is 0 Å². The molecule has 2 rings (SSSR count). The first kappa shape index (κ1) is 11.1. The summed E-state index contributed by atoms with van der Waals surface area (Å²) in [7, 11) is 0. The first-order valence-corrected chi connectivity index (χ1v) is 5.27. The lowest BCUT2D eigenvalue weighted by Gasteiger charge is -2.09. The Bertz CT molecular complexity index is 584. The minimum Gasteiger partial charge on any atom is -0.398 e. The van der Waals surface area contributed by atoms with Gasteiger partial charge in [-0.25, -0.2) is 0 Å². The number of anilines is 1. The van der Waals surface area contributed by atoms with Gasteiger partial charge < -0.3 is 5.73 Å². The van der Waals surface area contributed by atoms with Crippen LogP contribution in [0.25, 0.3) is 11.1 Å². The molecule has 0 aliphatic carbocycles. The molecule has 1 aromatic heterocycles. The van der Waals surface area contributed by atoms with Crippen LogP contribution in [0.1, 0.15) is 11.4 Å². The molecule has 0 saturated heterocycles. The molecule has 1 aromatic carbocycles. The molecular formula is C13H12N4. The molecule has 0 fully saturated rings. The van der Waals surface area contributed by atoms with Gasteiger partial charge in [-0.15, -0.1) is 0 Å². The average Bonchev–Trinajstić information content (AvgIpc) is 2.32. The molecule has 0 bridgehead atoms. The van der Waals surface area contributed by atoms with E-state index in [2.05, 4.69) is 16.3 Å². The minimum atomic E-state index is 0.233. The van der Waals surface area contributed by atoms with E-state index in [1.54, 1.807) is 0 Å². The predicted octanol–water partition coefficient (Wildman–Crippen LogP) is 2.10. The van der Waals surface area contributed by atoms with Crippen LogP contribution >= 0.6 is 0 Å². The molecule has 17 heavy (non-hydrogen) atoms. The van der Waals surface area contributed by atoms with Crippen LogP contribution in [0.3, 0.4) is 0 Å². The van der Waals surface area contributed by atoms with Crippen LogP contribution in [0.4, 0.5) is 5.69 Å². The lowest BCUT2D eigenvalue weighted by molar-refractivity contribution is 0.922. The quantitative estimate of drug-likeness (QED) is 0.792. The lowest BCUT2D eigenvalue weighted by Crippen LogP contribution is -2.00. The van der Waals surface area contributed by atoms with E-state index < -0.39 is 0 Å². The molecular weight excluding hydrogens is 212 g/mol. The molecule has 0 radical (unpaired) electrons. The number of aromatic nitrogens is 2. The van der Waals surface area contributed by atoms with Gasteiger partial charge in [0.1, 0.15) is 0 Å². The van der Waals surface area contributed by atoms with Crippen molar-refractivity contribution in [2.75, 3.05) is 5.73 Å². The van der Waals surface area contributed by atoms with Crippen molar-refractivity contribution in [1.82, 2.24) is 10.2 Å². The SMILES string of the molecule is Cc1cc(-c2ccccc2N)c(CC#N)nn1. The summed E-state index contributed by atoms with van der Waals surface area (Å²) in [6.45, 7) is 1.87. The normalized spacial score (nSPS) is 9.88. The maximum absolute atomic E-state index is 8.78. The first-order chi connectivity index (χ1) is 8.22. The summed E-state index contributed by atoms with van der Waals surface area (Å²) in [5, 5.41) is 16.8. The summed E-state index contributed by atoms with van der Waals surface area (Å²) in [4.78, 5) is 0. The molecule has 2 aromatic rings. The van der Waals surface area contributed by atoms with E-state index in [9.17, 15) is 0 Å². The monoisotopic (exact) mass is 224 g/mol. The Morgan fingerprint density at radius 2 is 2.00 bits per heavy atom.